The van der Waals surface area contributed by atoms with Crippen LogP contribution in [0, 0.1) is 6.92 Å². The molecule has 114 valence electrons. The second kappa shape index (κ2) is 7.06. The van der Waals surface area contributed by atoms with Crippen LogP contribution in [0.15, 0.2) is 23.1 Å². The molecule has 20 heavy (non-hydrogen) atoms. The SMILES string of the molecule is CCN(CC)CC(C)NS(=O)(=O)c1ccc(C)cc1N. The Hall–Kier alpha value is -1.11. The van der Waals surface area contributed by atoms with Gasteiger partial charge in [-0.15, -0.1) is 0 Å². The van der Waals surface area contributed by atoms with Gasteiger partial charge >= 0.3 is 0 Å². The first-order valence-electron chi connectivity index (χ1n) is 6.91. The van der Waals surface area contributed by atoms with E-state index in [1.54, 1.807) is 18.2 Å². The predicted octanol–water partition coefficient (Wildman–Crippen LogP) is 1.59. The van der Waals surface area contributed by atoms with Gasteiger partial charge in [0.05, 0.1) is 5.69 Å². The van der Waals surface area contributed by atoms with E-state index >= 15 is 0 Å². The van der Waals surface area contributed by atoms with Crippen molar-refractivity contribution in [2.24, 2.45) is 0 Å². The summed E-state index contributed by atoms with van der Waals surface area (Å²) < 4.78 is 27.3. The summed E-state index contributed by atoms with van der Waals surface area (Å²) in [5, 5.41) is 0. The fourth-order valence-electron chi connectivity index (χ4n) is 2.15. The largest absolute Gasteiger partial charge is 0.398 e. The average Bonchev–Trinajstić information content (AvgIpc) is 2.34. The maximum Gasteiger partial charge on any atom is 0.242 e. The Labute approximate surface area is 122 Å². The topological polar surface area (TPSA) is 75.4 Å². The van der Waals surface area contributed by atoms with E-state index in [1.807, 2.05) is 13.8 Å². The highest BCUT2D eigenvalue weighted by Crippen LogP contribution is 2.19. The Kier molecular flexibility index (Phi) is 5.98. The summed E-state index contributed by atoms with van der Waals surface area (Å²) in [5.74, 6) is 0. The zero-order valence-electron chi connectivity index (χ0n) is 12.7. The Bertz CT molecular complexity index is 539. The van der Waals surface area contributed by atoms with Crippen molar-refractivity contribution in [3.05, 3.63) is 23.8 Å². The molecule has 1 aromatic rings. The number of nitrogens with zero attached hydrogens (tertiary/aromatic N) is 1. The number of nitrogens with one attached hydrogen (secondary N) is 1. The smallest absolute Gasteiger partial charge is 0.242 e. The average molecular weight is 299 g/mol. The second-order valence-corrected chi connectivity index (χ2v) is 6.73. The maximum atomic E-state index is 12.3. The zero-order valence-corrected chi connectivity index (χ0v) is 13.5. The molecule has 0 aliphatic heterocycles. The van der Waals surface area contributed by atoms with Crippen molar-refractivity contribution in [1.82, 2.24) is 9.62 Å². The highest BCUT2D eigenvalue weighted by atomic mass is 32.2. The van der Waals surface area contributed by atoms with Gasteiger partial charge in [-0.3, -0.25) is 0 Å². The number of anilines is 1. The van der Waals surface area contributed by atoms with Gasteiger partial charge in [-0.05, 0) is 44.6 Å². The van der Waals surface area contributed by atoms with Gasteiger partial charge in [0.1, 0.15) is 4.90 Å². The molecule has 6 heteroatoms. The Morgan fingerprint density at radius 2 is 1.90 bits per heavy atom. The number of likely N-dealkylation sites (N-methyl/N-ethyl adjacent to an activating group) is 1. The van der Waals surface area contributed by atoms with Crippen LogP contribution in [0.4, 0.5) is 5.69 Å². The molecule has 0 fully saturated rings. The maximum absolute atomic E-state index is 12.3. The molecule has 1 unspecified atom stereocenters. The van der Waals surface area contributed by atoms with Crippen molar-refractivity contribution in [3.8, 4) is 0 Å². The quantitative estimate of drug-likeness (QED) is 0.750. The highest BCUT2D eigenvalue weighted by Gasteiger charge is 2.20. The van der Waals surface area contributed by atoms with E-state index in [-0.39, 0.29) is 16.6 Å². The van der Waals surface area contributed by atoms with Gasteiger partial charge in [0.15, 0.2) is 0 Å². The molecule has 0 saturated heterocycles. The van der Waals surface area contributed by atoms with E-state index in [4.69, 9.17) is 5.73 Å². The summed E-state index contributed by atoms with van der Waals surface area (Å²) in [6.07, 6.45) is 0. The van der Waals surface area contributed by atoms with Crippen LogP contribution in [0.5, 0.6) is 0 Å². The molecule has 1 aromatic carbocycles. The molecule has 0 radical (unpaired) electrons. The number of sulfonamides is 1. The van der Waals surface area contributed by atoms with Gasteiger partial charge in [-0.2, -0.15) is 0 Å². The van der Waals surface area contributed by atoms with Crippen LogP contribution in [0.3, 0.4) is 0 Å². The van der Waals surface area contributed by atoms with Gasteiger partial charge in [-0.25, -0.2) is 13.1 Å². The van der Waals surface area contributed by atoms with Crippen LogP contribution in [-0.2, 0) is 10.0 Å². The molecular weight excluding hydrogens is 274 g/mol. The molecule has 0 bridgehead atoms. The van der Waals surface area contributed by atoms with Gasteiger partial charge in [-0.1, -0.05) is 19.9 Å². The molecule has 5 nitrogen and oxygen atoms in total. The first kappa shape index (κ1) is 16.9. The van der Waals surface area contributed by atoms with Crippen molar-refractivity contribution < 1.29 is 8.42 Å². The van der Waals surface area contributed by atoms with E-state index in [1.165, 1.54) is 0 Å². The normalized spacial score (nSPS) is 13.7. The summed E-state index contributed by atoms with van der Waals surface area (Å²) in [7, 11) is -3.57. The molecule has 1 atom stereocenters. The number of hydrogen-bond acceptors (Lipinski definition) is 4. The van der Waals surface area contributed by atoms with Crippen molar-refractivity contribution in [1.29, 1.82) is 0 Å². The molecule has 0 aliphatic rings. The Morgan fingerprint density at radius 1 is 1.30 bits per heavy atom. The first-order chi connectivity index (χ1) is 9.30. The molecule has 0 saturated carbocycles. The highest BCUT2D eigenvalue weighted by molar-refractivity contribution is 7.89. The Balaban J connectivity index is 2.84. The van der Waals surface area contributed by atoms with Crippen LogP contribution < -0.4 is 10.5 Å². The first-order valence-corrected chi connectivity index (χ1v) is 8.39. The van der Waals surface area contributed by atoms with E-state index in [0.717, 1.165) is 18.7 Å². The van der Waals surface area contributed by atoms with Gasteiger partial charge in [0.2, 0.25) is 10.0 Å². The lowest BCUT2D eigenvalue weighted by Gasteiger charge is -2.23. The summed E-state index contributed by atoms with van der Waals surface area (Å²) in [5.41, 5.74) is 7.03. The van der Waals surface area contributed by atoms with E-state index in [9.17, 15) is 8.42 Å². The number of aryl methyl sites for hydroxylation is 1. The van der Waals surface area contributed by atoms with Crippen molar-refractivity contribution in [2.75, 3.05) is 25.4 Å². The third-order valence-corrected chi connectivity index (χ3v) is 4.90. The van der Waals surface area contributed by atoms with E-state index < -0.39 is 10.0 Å². The number of benzene rings is 1. The lowest BCUT2D eigenvalue weighted by molar-refractivity contribution is 0.282. The van der Waals surface area contributed by atoms with Crippen LogP contribution >= 0.6 is 0 Å². The third kappa shape index (κ3) is 4.47. The number of rotatable bonds is 7. The molecular formula is C14H25N3O2S. The van der Waals surface area contributed by atoms with Gasteiger partial charge in [0, 0.05) is 12.6 Å². The number of nitrogen functional groups attached to an aromatic ring is 1. The van der Waals surface area contributed by atoms with Crippen LogP contribution in [-0.4, -0.2) is 39.0 Å². The zero-order chi connectivity index (χ0) is 15.3. The standard InChI is InChI=1S/C14H25N3O2S/c1-5-17(6-2)10-12(4)16-20(18,19)14-8-7-11(3)9-13(14)15/h7-9,12,16H,5-6,10,15H2,1-4H3. The van der Waals surface area contributed by atoms with Gasteiger partial charge < -0.3 is 10.6 Å². The summed E-state index contributed by atoms with van der Waals surface area (Å²) >= 11 is 0. The monoisotopic (exact) mass is 299 g/mol. The molecule has 3 N–H and O–H groups in total. The summed E-state index contributed by atoms with van der Waals surface area (Å²) in [6.45, 7) is 10.3. The van der Waals surface area contributed by atoms with Crippen LogP contribution in [0.1, 0.15) is 26.3 Å². The van der Waals surface area contributed by atoms with Crippen LogP contribution in [0.25, 0.3) is 0 Å². The fourth-order valence-corrected chi connectivity index (χ4v) is 3.49. The second-order valence-electron chi connectivity index (χ2n) is 5.05. The number of nitrogens with two attached hydrogens (primary N) is 1. The minimum atomic E-state index is -3.57. The van der Waals surface area contributed by atoms with Gasteiger partial charge in [0.25, 0.3) is 0 Å². The van der Waals surface area contributed by atoms with Crippen molar-refractivity contribution in [2.45, 2.75) is 38.6 Å². The van der Waals surface area contributed by atoms with E-state index in [0.29, 0.717) is 6.54 Å². The van der Waals surface area contributed by atoms with Crippen molar-refractivity contribution in [3.63, 3.8) is 0 Å². The molecule has 0 spiro atoms. The molecule has 0 aromatic heterocycles. The summed E-state index contributed by atoms with van der Waals surface area (Å²) in [4.78, 5) is 2.32. The molecule has 0 amide bonds. The molecule has 1 rings (SSSR count). The minimum Gasteiger partial charge on any atom is -0.398 e. The third-order valence-electron chi connectivity index (χ3n) is 3.24. The molecule has 0 heterocycles. The lowest BCUT2D eigenvalue weighted by atomic mass is 10.2. The predicted molar refractivity (Wildman–Crippen MR) is 83.2 cm³/mol. The molecule has 0 aliphatic carbocycles. The minimum absolute atomic E-state index is 0.148. The van der Waals surface area contributed by atoms with Crippen molar-refractivity contribution >= 4 is 15.7 Å². The lowest BCUT2D eigenvalue weighted by Crippen LogP contribution is -2.42. The summed E-state index contributed by atoms with van der Waals surface area (Å²) in [6, 6.07) is 4.81. The fraction of sp³-hybridized carbons (Fsp3) is 0.571. The Morgan fingerprint density at radius 3 is 2.40 bits per heavy atom. The number of hydrogen-bond donors (Lipinski definition) is 2. The van der Waals surface area contributed by atoms with E-state index in [2.05, 4.69) is 23.5 Å². The van der Waals surface area contributed by atoms with Crippen LogP contribution in [0.2, 0.25) is 0 Å².